The van der Waals surface area contributed by atoms with Crippen LogP contribution in [0.5, 0.6) is 0 Å². The average Bonchev–Trinajstić information content (AvgIpc) is 2.41. The van der Waals surface area contributed by atoms with E-state index in [0.29, 0.717) is 16.3 Å². The summed E-state index contributed by atoms with van der Waals surface area (Å²) >= 11 is 11.0. The molecule has 3 N–H and O–H groups in total. The Morgan fingerprint density at radius 1 is 1.32 bits per heavy atom. The van der Waals surface area contributed by atoms with Gasteiger partial charge in [-0.2, -0.15) is 0 Å². The molecule has 1 saturated heterocycles. The summed E-state index contributed by atoms with van der Waals surface area (Å²) < 4.78 is 0. The van der Waals surface area contributed by atoms with Crippen molar-refractivity contribution in [2.45, 2.75) is 19.3 Å². The average molecular weight is 298 g/mol. The maximum atomic E-state index is 12.0. The lowest BCUT2D eigenvalue weighted by Gasteiger charge is -2.27. The lowest BCUT2D eigenvalue weighted by Crippen LogP contribution is -2.38. The first-order valence-corrected chi connectivity index (χ1v) is 7.02. The highest BCUT2D eigenvalue weighted by Crippen LogP contribution is 2.23. The van der Waals surface area contributed by atoms with Crippen molar-refractivity contribution in [3.63, 3.8) is 0 Å². The fourth-order valence-corrected chi connectivity index (χ4v) is 2.42. The van der Waals surface area contributed by atoms with Gasteiger partial charge in [0.2, 0.25) is 0 Å². The number of benzene rings is 1. The molecule has 0 bridgehead atoms. The van der Waals surface area contributed by atoms with E-state index in [1.54, 1.807) is 23.1 Å². The minimum absolute atomic E-state index is 0.107. The van der Waals surface area contributed by atoms with Crippen molar-refractivity contribution in [3.05, 3.63) is 28.8 Å². The van der Waals surface area contributed by atoms with Crippen LogP contribution in [0.2, 0.25) is 5.02 Å². The fourth-order valence-electron chi connectivity index (χ4n) is 2.06. The Morgan fingerprint density at radius 3 is 2.58 bits per heavy atom. The maximum Gasteiger partial charge on any atom is 0.321 e. The first-order chi connectivity index (χ1) is 9.08. The largest absolute Gasteiger partial charge is 0.389 e. The van der Waals surface area contributed by atoms with Crippen molar-refractivity contribution in [1.29, 1.82) is 0 Å². The van der Waals surface area contributed by atoms with Gasteiger partial charge in [0, 0.05) is 18.7 Å². The minimum atomic E-state index is -0.107. The highest BCUT2D eigenvalue weighted by Gasteiger charge is 2.17. The van der Waals surface area contributed by atoms with E-state index in [-0.39, 0.29) is 11.0 Å². The van der Waals surface area contributed by atoms with Crippen LogP contribution < -0.4 is 11.1 Å². The van der Waals surface area contributed by atoms with Crippen molar-refractivity contribution in [2.75, 3.05) is 18.4 Å². The summed E-state index contributed by atoms with van der Waals surface area (Å²) in [4.78, 5) is 14.1. The molecule has 0 radical (unpaired) electrons. The van der Waals surface area contributed by atoms with Crippen LogP contribution in [0, 0.1) is 0 Å². The molecule has 1 aromatic rings. The lowest BCUT2D eigenvalue weighted by molar-refractivity contribution is 0.200. The first-order valence-electron chi connectivity index (χ1n) is 6.23. The van der Waals surface area contributed by atoms with E-state index in [0.717, 1.165) is 25.9 Å². The van der Waals surface area contributed by atoms with Gasteiger partial charge < -0.3 is 16.0 Å². The van der Waals surface area contributed by atoms with Gasteiger partial charge in [0.25, 0.3) is 0 Å². The third-order valence-corrected chi connectivity index (χ3v) is 3.69. The van der Waals surface area contributed by atoms with Gasteiger partial charge >= 0.3 is 6.03 Å². The Labute approximate surface area is 122 Å². The Morgan fingerprint density at radius 2 is 2.00 bits per heavy atom. The second-order valence-corrected chi connectivity index (χ2v) is 5.38. The predicted octanol–water partition coefficient (Wildman–Crippen LogP) is 2.99. The van der Waals surface area contributed by atoms with E-state index in [4.69, 9.17) is 29.6 Å². The molecule has 1 aromatic carbocycles. The van der Waals surface area contributed by atoms with E-state index < -0.39 is 0 Å². The smallest absolute Gasteiger partial charge is 0.321 e. The summed E-state index contributed by atoms with van der Waals surface area (Å²) in [6.07, 6.45) is 3.30. The summed E-state index contributed by atoms with van der Waals surface area (Å²) in [6, 6.07) is 5.03. The van der Waals surface area contributed by atoms with Crippen molar-refractivity contribution >= 4 is 40.5 Å². The predicted molar refractivity (Wildman–Crippen MR) is 81.8 cm³/mol. The summed E-state index contributed by atoms with van der Waals surface area (Å²) in [5, 5.41) is 3.26. The molecule has 1 heterocycles. The quantitative estimate of drug-likeness (QED) is 0.825. The van der Waals surface area contributed by atoms with Gasteiger partial charge in [-0.05, 0) is 37.5 Å². The number of anilines is 1. The molecule has 1 aliphatic heterocycles. The van der Waals surface area contributed by atoms with Crippen molar-refractivity contribution in [2.24, 2.45) is 5.73 Å². The molecule has 2 rings (SSSR count). The zero-order valence-electron chi connectivity index (χ0n) is 10.5. The summed E-state index contributed by atoms with van der Waals surface area (Å²) in [7, 11) is 0. The number of nitrogens with two attached hydrogens (primary N) is 1. The lowest BCUT2D eigenvalue weighted by atomic mass is 10.1. The number of amides is 2. The first kappa shape index (κ1) is 14.1. The number of hydrogen-bond acceptors (Lipinski definition) is 2. The molecule has 0 aromatic heterocycles. The number of halogens is 1. The van der Waals surface area contributed by atoms with E-state index in [1.807, 2.05) is 0 Å². The zero-order valence-corrected chi connectivity index (χ0v) is 12.1. The van der Waals surface area contributed by atoms with Crippen molar-refractivity contribution in [1.82, 2.24) is 4.90 Å². The maximum absolute atomic E-state index is 12.0. The van der Waals surface area contributed by atoms with Gasteiger partial charge in [-0.15, -0.1) is 0 Å². The third kappa shape index (κ3) is 3.58. The molecule has 0 saturated carbocycles. The molecular formula is C13H16ClN3OS. The number of urea groups is 1. The number of nitrogens with zero attached hydrogens (tertiary/aromatic N) is 1. The number of piperidine rings is 1. The molecule has 0 aliphatic carbocycles. The fraction of sp³-hybridized carbons (Fsp3) is 0.385. The second kappa shape index (κ2) is 6.21. The zero-order chi connectivity index (χ0) is 13.8. The van der Waals surface area contributed by atoms with Gasteiger partial charge in [-0.3, -0.25) is 0 Å². The summed E-state index contributed by atoms with van der Waals surface area (Å²) in [6.45, 7) is 1.60. The van der Waals surface area contributed by atoms with Gasteiger partial charge in [0.15, 0.2) is 0 Å². The normalized spacial score (nSPS) is 15.1. The molecule has 102 valence electrons. The molecular weight excluding hydrogens is 282 g/mol. The number of carbonyl (C=O) groups is 1. The SMILES string of the molecule is NC(=S)c1ccc(NC(=O)N2CCCCC2)c(Cl)c1. The van der Waals surface area contributed by atoms with E-state index in [9.17, 15) is 4.79 Å². The highest BCUT2D eigenvalue weighted by molar-refractivity contribution is 7.80. The molecule has 0 atom stereocenters. The van der Waals surface area contributed by atoms with Crippen LogP contribution in [0.4, 0.5) is 10.5 Å². The van der Waals surface area contributed by atoms with E-state index >= 15 is 0 Å². The molecule has 1 aliphatic rings. The van der Waals surface area contributed by atoms with Crippen molar-refractivity contribution < 1.29 is 4.79 Å². The van der Waals surface area contributed by atoms with Crippen LogP contribution in [0.25, 0.3) is 0 Å². The Balaban J connectivity index is 2.06. The van der Waals surface area contributed by atoms with E-state index in [2.05, 4.69) is 5.32 Å². The van der Waals surface area contributed by atoms with Crippen LogP contribution in [0.15, 0.2) is 18.2 Å². The number of likely N-dealkylation sites (tertiary alicyclic amines) is 1. The molecule has 4 nitrogen and oxygen atoms in total. The van der Waals surface area contributed by atoms with Crippen LogP contribution >= 0.6 is 23.8 Å². The third-order valence-electron chi connectivity index (χ3n) is 3.14. The number of hydrogen-bond donors (Lipinski definition) is 2. The van der Waals surface area contributed by atoms with E-state index in [1.165, 1.54) is 6.42 Å². The molecule has 1 fully saturated rings. The van der Waals surface area contributed by atoms with Crippen LogP contribution in [-0.2, 0) is 0 Å². The standard InChI is InChI=1S/C13H16ClN3OS/c14-10-8-9(12(15)19)4-5-11(10)16-13(18)17-6-2-1-3-7-17/h4-5,8H,1-3,6-7H2,(H2,15,19)(H,16,18). The van der Waals surface area contributed by atoms with Gasteiger partial charge in [0.05, 0.1) is 10.7 Å². The molecule has 0 unspecified atom stereocenters. The summed E-state index contributed by atoms with van der Waals surface area (Å²) in [5.74, 6) is 0. The van der Waals surface area contributed by atoms with Crippen molar-refractivity contribution in [3.8, 4) is 0 Å². The van der Waals surface area contributed by atoms with Crippen LogP contribution in [0.1, 0.15) is 24.8 Å². The number of carbonyl (C=O) groups excluding carboxylic acids is 1. The number of rotatable bonds is 2. The molecule has 0 spiro atoms. The van der Waals surface area contributed by atoms with Crippen LogP contribution in [0.3, 0.4) is 0 Å². The second-order valence-electron chi connectivity index (χ2n) is 4.54. The Hall–Kier alpha value is -1.33. The molecule has 2 amide bonds. The topological polar surface area (TPSA) is 58.4 Å². The summed E-state index contributed by atoms with van der Waals surface area (Å²) in [5.41, 5.74) is 6.80. The Kier molecular flexibility index (Phi) is 4.61. The van der Waals surface area contributed by atoms with Gasteiger partial charge in [0.1, 0.15) is 4.99 Å². The number of thiocarbonyl (C=S) groups is 1. The molecule has 6 heteroatoms. The number of nitrogens with one attached hydrogen (secondary N) is 1. The highest BCUT2D eigenvalue weighted by atomic mass is 35.5. The monoisotopic (exact) mass is 297 g/mol. The molecule has 19 heavy (non-hydrogen) atoms. The van der Waals surface area contributed by atoms with Gasteiger partial charge in [-0.1, -0.05) is 23.8 Å². The van der Waals surface area contributed by atoms with Crippen LogP contribution in [-0.4, -0.2) is 29.0 Å². The van der Waals surface area contributed by atoms with Gasteiger partial charge in [-0.25, -0.2) is 4.79 Å². The Bertz CT molecular complexity index is 501. The minimum Gasteiger partial charge on any atom is -0.389 e.